The van der Waals surface area contributed by atoms with Gasteiger partial charge in [0.15, 0.2) is 0 Å². The Bertz CT molecular complexity index is 369. The van der Waals surface area contributed by atoms with E-state index < -0.39 is 0 Å². The smallest absolute Gasteiger partial charge is 0.246 e. The number of ether oxygens (including phenoxy) is 2. The van der Waals surface area contributed by atoms with Gasteiger partial charge in [-0.05, 0) is 18.6 Å². The molecule has 0 radical (unpaired) electrons. The topological polar surface area (TPSA) is 73.6 Å². The van der Waals surface area contributed by atoms with Gasteiger partial charge in [0.1, 0.15) is 19.0 Å². The normalized spacial score (nSPS) is 10.1. The number of anilines is 1. The Morgan fingerprint density at radius 3 is 2.94 bits per heavy atom. The van der Waals surface area contributed by atoms with Crippen molar-refractivity contribution in [1.29, 1.82) is 0 Å². The molecule has 5 heteroatoms. The Labute approximate surface area is 107 Å². The number of hydrogen-bond donors (Lipinski definition) is 2. The first-order valence-corrected chi connectivity index (χ1v) is 6.05. The minimum Gasteiger partial charge on any atom is -0.492 e. The molecule has 0 aromatic heterocycles. The third-order valence-electron chi connectivity index (χ3n) is 2.13. The van der Waals surface area contributed by atoms with Crippen LogP contribution in [0.5, 0.6) is 5.75 Å². The second-order valence-corrected chi connectivity index (χ2v) is 3.82. The number of nitrogens with two attached hydrogens (primary N) is 1. The van der Waals surface area contributed by atoms with Crippen LogP contribution < -0.4 is 15.8 Å². The summed E-state index contributed by atoms with van der Waals surface area (Å²) in [4.78, 5) is 11.3. The number of nitrogen functional groups attached to an aromatic ring is 1. The summed E-state index contributed by atoms with van der Waals surface area (Å²) in [6, 6.07) is 7.18. The average molecular weight is 252 g/mol. The van der Waals surface area contributed by atoms with Crippen LogP contribution in [0.2, 0.25) is 0 Å². The van der Waals surface area contributed by atoms with Gasteiger partial charge in [-0.1, -0.05) is 13.0 Å². The van der Waals surface area contributed by atoms with Crippen LogP contribution in [0.15, 0.2) is 24.3 Å². The first kappa shape index (κ1) is 14.3. The maximum absolute atomic E-state index is 11.3. The minimum absolute atomic E-state index is 0.103. The van der Waals surface area contributed by atoms with Crippen LogP contribution in [0.4, 0.5) is 5.69 Å². The van der Waals surface area contributed by atoms with E-state index in [4.69, 9.17) is 15.2 Å². The van der Waals surface area contributed by atoms with Crippen LogP contribution >= 0.6 is 0 Å². The second-order valence-electron chi connectivity index (χ2n) is 3.82. The van der Waals surface area contributed by atoms with Crippen molar-refractivity contribution in [3.05, 3.63) is 24.3 Å². The van der Waals surface area contributed by atoms with Gasteiger partial charge in [-0.2, -0.15) is 0 Å². The van der Waals surface area contributed by atoms with Gasteiger partial charge in [0, 0.05) is 18.4 Å². The molecule has 1 aromatic rings. The number of benzene rings is 1. The van der Waals surface area contributed by atoms with Crippen LogP contribution in [-0.4, -0.2) is 32.3 Å². The Kier molecular flexibility index (Phi) is 6.64. The molecule has 3 N–H and O–H groups in total. The van der Waals surface area contributed by atoms with E-state index in [1.54, 1.807) is 12.1 Å². The summed E-state index contributed by atoms with van der Waals surface area (Å²) in [6.45, 7) is 3.56. The third kappa shape index (κ3) is 6.10. The molecule has 0 unspecified atom stereocenters. The summed E-state index contributed by atoms with van der Waals surface area (Å²) < 4.78 is 10.5. The van der Waals surface area contributed by atoms with Crippen molar-refractivity contribution in [3.8, 4) is 5.75 Å². The number of carbonyl (C=O) groups excluding carboxylic acids is 1. The fraction of sp³-hybridized carbons (Fsp3) is 0.462. The molecule has 5 nitrogen and oxygen atoms in total. The van der Waals surface area contributed by atoms with Crippen molar-refractivity contribution in [2.75, 3.05) is 32.1 Å². The summed E-state index contributed by atoms with van der Waals surface area (Å²) in [5.41, 5.74) is 6.27. The summed E-state index contributed by atoms with van der Waals surface area (Å²) >= 11 is 0. The van der Waals surface area contributed by atoms with Gasteiger partial charge in [0.25, 0.3) is 0 Å². The lowest BCUT2D eigenvalue weighted by molar-refractivity contribution is -0.125. The largest absolute Gasteiger partial charge is 0.492 e. The molecule has 0 saturated heterocycles. The number of amides is 1. The second kappa shape index (κ2) is 8.36. The summed E-state index contributed by atoms with van der Waals surface area (Å²) in [6.07, 6.45) is 0.909. The van der Waals surface area contributed by atoms with Gasteiger partial charge in [0.05, 0.1) is 6.54 Å². The van der Waals surface area contributed by atoms with E-state index in [1.807, 2.05) is 19.1 Å². The SMILES string of the molecule is CCCOCC(=O)NCCOc1cccc(N)c1. The summed E-state index contributed by atoms with van der Waals surface area (Å²) in [5, 5.41) is 2.71. The maximum atomic E-state index is 11.3. The number of hydrogen-bond acceptors (Lipinski definition) is 4. The first-order chi connectivity index (χ1) is 8.72. The monoisotopic (exact) mass is 252 g/mol. The molecule has 1 aromatic carbocycles. The standard InChI is InChI=1S/C13H20N2O3/c1-2-7-17-10-13(16)15-6-8-18-12-5-3-4-11(14)9-12/h3-5,9H,2,6-8,10,14H2,1H3,(H,15,16). The van der Waals surface area contributed by atoms with E-state index in [9.17, 15) is 4.79 Å². The Balaban J connectivity index is 2.09. The van der Waals surface area contributed by atoms with E-state index in [-0.39, 0.29) is 12.5 Å². The zero-order valence-corrected chi connectivity index (χ0v) is 10.6. The molecule has 0 aliphatic rings. The van der Waals surface area contributed by atoms with E-state index in [0.717, 1.165) is 6.42 Å². The molecular formula is C13H20N2O3. The lowest BCUT2D eigenvalue weighted by Gasteiger charge is -2.08. The molecule has 0 saturated carbocycles. The fourth-order valence-corrected chi connectivity index (χ4v) is 1.32. The minimum atomic E-state index is -0.125. The molecule has 0 atom stereocenters. The van der Waals surface area contributed by atoms with Crippen molar-refractivity contribution in [3.63, 3.8) is 0 Å². The Morgan fingerprint density at radius 1 is 1.39 bits per heavy atom. The molecule has 1 amide bonds. The Morgan fingerprint density at radius 2 is 2.22 bits per heavy atom. The van der Waals surface area contributed by atoms with Crippen LogP contribution in [0.3, 0.4) is 0 Å². The predicted molar refractivity (Wildman–Crippen MR) is 70.5 cm³/mol. The lowest BCUT2D eigenvalue weighted by atomic mass is 10.3. The molecule has 0 heterocycles. The van der Waals surface area contributed by atoms with Gasteiger partial charge >= 0.3 is 0 Å². The highest BCUT2D eigenvalue weighted by Gasteiger charge is 2.00. The Hall–Kier alpha value is -1.75. The van der Waals surface area contributed by atoms with E-state index >= 15 is 0 Å². The lowest BCUT2D eigenvalue weighted by Crippen LogP contribution is -2.31. The highest BCUT2D eigenvalue weighted by molar-refractivity contribution is 5.77. The number of rotatable bonds is 8. The van der Waals surface area contributed by atoms with Gasteiger partial charge in [-0.25, -0.2) is 0 Å². The number of carbonyl (C=O) groups is 1. The third-order valence-corrected chi connectivity index (χ3v) is 2.13. The number of nitrogens with one attached hydrogen (secondary N) is 1. The van der Waals surface area contributed by atoms with Crippen molar-refractivity contribution >= 4 is 11.6 Å². The average Bonchev–Trinajstić information content (AvgIpc) is 2.35. The van der Waals surface area contributed by atoms with Crippen molar-refractivity contribution in [2.24, 2.45) is 0 Å². The van der Waals surface area contributed by atoms with Crippen LogP contribution in [-0.2, 0) is 9.53 Å². The van der Waals surface area contributed by atoms with Gasteiger partial charge in [0.2, 0.25) is 5.91 Å². The van der Waals surface area contributed by atoms with Crippen LogP contribution in [0.25, 0.3) is 0 Å². The van der Waals surface area contributed by atoms with E-state index in [2.05, 4.69) is 5.32 Å². The summed E-state index contributed by atoms with van der Waals surface area (Å²) in [7, 11) is 0. The van der Waals surface area contributed by atoms with E-state index in [0.29, 0.717) is 31.2 Å². The predicted octanol–water partition coefficient (Wildman–Crippen LogP) is 1.19. The maximum Gasteiger partial charge on any atom is 0.246 e. The van der Waals surface area contributed by atoms with Crippen molar-refractivity contribution < 1.29 is 14.3 Å². The van der Waals surface area contributed by atoms with Gasteiger partial charge in [-0.15, -0.1) is 0 Å². The molecular weight excluding hydrogens is 232 g/mol. The quantitative estimate of drug-likeness (QED) is 0.538. The fourth-order valence-electron chi connectivity index (χ4n) is 1.32. The highest BCUT2D eigenvalue weighted by atomic mass is 16.5. The van der Waals surface area contributed by atoms with Crippen LogP contribution in [0, 0.1) is 0 Å². The molecule has 0 spiro atoms. The van der Waals surface area contributed by atoms with Gasteiger partial charge in [-0.3, -0.25) is 4.79 Å². The zero-order chi connectivity index (χ0) is 13.2. The molecule has 100 valence electrons. The van der Waals surface area contributed by atoms with E-state index in [1.165, 1.54) is 0 Å². The molecule has 0 aliphatic carbocycles. The van der Waals surface area contributed by atoms with Crippen molar-refractivity contribution in [2.45, 2.75) is 13.3 Å². The molecule has 0 fully saturated rings. The first-order valence-electron chi connectivity index (χ1n) is 6.05. The molecule has 1 rings (SSSR count). The van der Waals surface area contributed by atoms with Gasteiger partial charge < -0.3 is 20.5 Å². The van der Waals surface area contributed by atoms with Crippen molar-refractivity contribution in [1.82, 2.24) is 5.32 Å². The highest BCUT2D eigenvalue weighted by Crippen LogP contribution is 2.13. The molecule has 0 bridgehead atoms. The summed E-state index contributed by atoms with van der Waals surface area (Å²) in [5.74, 6) is 0.575. The van der Waals surface area contributed by atoms with Crippen LogP contribution in [0.1, 0.15) is 13.3 Å². The molecule has 0 aliphatic heterocycles. The zero-order valence-electron chi connectivity index (χ0n) is 10.6. The molecule has 18 heavy (non-hydrogen) atoms.